The second-order valence-electron chi connectivity index (χ2n) is 10.4. The first-order valence-electron chi connectivity index (χ1n) is 13.7. The lowest BCUT2D eigenvalue weighted by Crippen LogP contribution is -2.34. The van der Waals surface area contributed by atoms with Gasteiger partial charge in [0.25, 0.3) is 11.5 Å². The maximum Gasteiger partial charge on any atom is 0.266 e. The summed E-state index contributed by atoms with van der Waals surface area (Å²) < 4.78 is 28.2. The Hall–Kier alpha value is -5.47. The quantitative estimate of drug-likeness (QED) is 0.252. The maximum absolute atomic E-state index is 13.7. The number of amides is 1. The van der Waals surface area contributed by atoms with Crippen molar-refractivity contribution >= 4 is 28.4 Å². The number of hydrogen-bond acceptors (Lipinski definition) is 7. The summed E-state index contributed by atoms with van der Waals surface area (Å²) in [6.07, 6.45) is 4.12. The molecule has 2 heterocycles. The van der Waals surface area contributed by atoms with E-state index in [-0.39, 0.29) is 12.1 Å². The fraction of sp³-hybridized carbons (Fsp3) is 0.182. The number of halogens is 2. The van der Waals surface area contributed by atoms with Crippen LogP contribution in [-0.2, 0) is 6.54 Å². The van der Waals surface area contributed by atoms with Gasteiger partial charge in [0, 0.05) is 35.6 Å². The molecule has 3 aromatic carbocycles. The summed E-state index contributed by atoms with van der Waals surface area (Å²) in [6.45, 7) is 2.47. The van der Waals surface area contributed by atoms with Gasteiger partial charge in [0.2, 0.25) is 5.95 Å². The van der Waals surface area contributed by atoms with Gasteiger partial charge in [-0.1, -0.05) is 30.0 Å². The molecular weight excluding hydrogens is 564 g/mol. The number of aromatic nitrogens is 4. The van der Waals surface area contributed by atoms with E-state index in [1.54, 1.807) is 13.1 Å². The number of nitrogens with one attached hydrogen (secondary N) is 2. The topological polar surface area (TPSA) is 105 Å². The van der Waals surface area contributed by atoms with Crippen molar-refractivity contribution in [2.24, 2.45) is 0 Å². The van der Waals surface area contributed by atoms with E-state index in [0.29, 0.717) is 17.1 Å². The Morgan fingerprint density at radius 3 is 2.57 bits per heavy atom. The molecule has 0 saturated carbocycles. The largest absolute Gasteiger partial charge is 0.341 e. The molecule has 0 aliphatic heterocycles. The highest BCUT2D eigenvalue weighted by molar-refractivity contribution is 5.93. The van der Waals surface area contributed by atoms with Gasteiger partial charge in [-0.15, -0.1) is 0 Å². The fourth-order valence-electron chi connectivity index (χ4n) is 4.52. The molecule has 0 aliphatic rings. The number of carbonyl (C=O) groups is 1. The molecule has 0 aliphatic carbocycles. The van der Waals surface area contributed by atoms with Crippen molar-refractivity contribution in [3.63, 3.8) is 0 Å². The van der Waals surface area contributed by atoms with Gasteiger partial charge in [-0.2, -0.15) is 0 Å². The number of nitrogens with zero attached hydrogens (tertiary/aromatic N) is 5. The Balaban J connectivity index is 1.21. The SMILES string of the molecule is CC(c1ccc(F)c(F)c1)n1cncc(C(=O)NCC#Cc2ccc3nc(Nc4ccc(CN(C)C)cc4)ncc3c2)c1=O. The van der Waals surface area contributed by atoms with E-state index in [9.17, 15) is 18.4 Å². The molecule has 2 N–H and O–H groups in total. The standard InChI is InChI=1S/C33H29F2N7O2/c1-21(24-9-12-28(34)29(35)16-24)42-20-36-18-27(32(42)44)31(43)37-14-4-5-22-8-13-30-25(15-22)17-38-33(40-30)39-26-10-6-23(7-11-26)19-41(2)3/h6-13,15-18,20-21H,14,19H2,1-3H3,(H,37,43)(H,38,39,40). The molecule has 0 bridgehead atoms. The summed E-state index contributed by atoms with van der Waals surface area (Å²) in [5.41, 5.74) is 3.09. The van der Waals surface area contributed by atoms with Crippen LogP contribution in [0.15, 0.2) is 84.2 Å². The molecule has 222 valence electrons. The van der Waals surface area contributed by atoms with Crippen LogP contribution in [0.5, 0.6) is 0 Å². The van der Waals surface area contributed by atoms with Gasteiger partial charge in [0.15, 0.2) is 11.6 Å². The number of hydrogen-bond donors (Lipinski definition) is 2. The Bertz CT molecular complexity index is 1950. The number of carbonyl (C=O) groups excluding carboxylic acids is 1. The highest BCUT2D eigenvalue weighted by Gasteiger charge is 2.17. The number of benzene rings is 3. The van der Waals surface area contributed by atoms with Gasteiger partial charge in [-0.05, 0) is 74.6 Å². The van der Waals surface area contributed by atoms with Crippen molar-refractivity contribution in [2.45, 2.75) is 19.5 Å². The third kappa shape index (κ3) is 7.11. The molecule has 9 nitrogen and oxygen atoms in total. The van der Waals surface area contributed by atoms with Crippen LogP contribution in [0.1, 0.15) is 40.0 Å². The van der Waals surface area contributed by atoms with Crippen LogP contribution in [-0.4, -0.2) is 51.0 Å². The molecule has 11 heteroatoms. The summed E-state index contributed by atoms with van der Waals surface area (Å²) >= 11 is 0. The monoisotopic (exact) mass is 593 g/mol. The van der Waals surface area contributed by atoms with Crippen molar-refractivity contribution in [3.8, 4) is 11.8 Å². The minimum absolute atomic E-state index is 0.0172. The lowest BCUT2D eigenvalue weighted by Gasteiger charge is -2.16. The van der Waals surface area contributed by atoms with Crippen LogP contribution in [0.4, 0.5) is 20.4 Å². The van der Waals surface area contributed by atoms with Gasteiger partial charge >= 0.3 is 0 Å². The molecular formula is C33H29F2N7O2. The van der Waals surface area contributed by atoms with Crippen LogP contribution in [0.3, 0.4) is 0 Å². The van der Waals surface area contributed by atoms with Crippen LogP contribution >= 0.6 is 0 Å². The molecule has 44 heavy (non-hydrogen) atoms. The van der Waals surface area contributed by atoms with Gasteiger partial charge < -0.3 is 15.5 Å². The zero-order chi connectivity index (χ0) is 31.2. The van der Waals surface area contributed by atoms with Crippen molar-refractivity contribution in [3.05, 3.63) is 124 Å². The fourth-order valence-corrected chi connectivity index (χ4v) is 4.52. The molecule has 2 aromatic heterocycles. The predicted octanol–water partition coefficient (Wildman–Crippen LogP) is 4.66. The molecule has 1 atom stereocenters. The Labute approximate surface area is 252 Å². The molecule has 5 rings (SSSR count). The molecule has 1 amide bonds. The van der Waals surface area contributed by atoms with E-state index in [1.807, 2.05) is 44.4 Å². The van der Waals surface area contributed by atoms with Crippen LogP contribution in [0.25, 0.3) is 10.9 Å². The van der Waals surface area contributed by atoms with E-state index in [0.717, 1.165) is 41.5 Å². The first-order valence-corrected chi connectivity index (χ1v) is 13.7. The zero-order valence-corrected chi connectivity index (χ0v) is 24.3. The molecule has 0 fully saturated rings. The van der Waals surface area contributed by atoms with Crippen molar-refractivity contribution < 1.29 is 13.6 Å². The minimum atomic E-state index is -1.03. The molecule has 0 radical (unpaired) electrons. The highest BCUT2D eigenvalue weighted by atomic mass is 19.2. The summed E-state index contributed by atoms with van der Waals surface area (Å²) in [4.78, 5) is 40.8. The van der Waals surface area contributed by atoms with E-state index in [1.165, 1.54) is 22.5 Å². The molecule has 1 unspecified atom stereocenters. The van der Waals surface area contributed by atoms with Gasteiger partial charge in [0.1, 0.15) is 5.56 Å². The molecule has 0 saturated heterocycles. The van der Waals surface area contributed by atoms with Gasteiger partial charge in [0.05, 0.1) is 24.4 Å². The predicted molar refractivity (Wildman–Crippen MR) is 165 cm³/mol. The third-order valence-corrected chi connectivity index (χ3v) is 6.81. The minimum Gasteiger partial charge on any atom is -0.341 e. The Morgan fingerprint density at radius 2 is 1.82 bits per heavy atom. The van der Waals surface area contributed by atoms with Crippen LogP contribution in [0.2, 0.25) is 0 Å². The smallest absolute Gasteiger partial charge is 0.266 e. The van der Waals surface area contributed by atoms with Gasteiger partial charge in [-0.25, -0.2) is 23.7 Å². The van der Waals surface area contributed by atoms with Gasteiger partial charge in [-0.3, -0.25) is 14.2 Å². The average molecular weight is 594 g/mol. The molecule has 5 aromatic rings. The summed E-state index contributed by atoms with van der Waals surface area (Å²) in [5.74, 6) is 3.68. The maximum atomic E-state index is 13.7. The van der Waals surface area contributed by atoms with E-state index >= 15 is 0 Å². The highest BCUT2D eigenvalue weighted by Crippen LogP contribution is 2.20. The van der Waals surface area contributed by atoms with Crippen LogP contribution < -0.4 is 16.2 Å². The summed E-state index contributed by atoms with van der Waals surface area (Å²) in [6, 6.07) is 16.3. The normalized spacial score (nSPS) is 11.6. The van der Waals surface area contributed by atoms with E-state index in [4.69, 9.17) is 0 Å². The van der Waals surface area contributed by atoms with E-state index in [2.05, 4.69) is 54.5 Å². The van der Waals surface area contributed by atoms with Crippen molar-refractivity contribution in [2.75, 3.05) is 26.0 Å². The Kier molecular flexibility index (Phi) is 9.02. The number of rotatable bonds is 8. The van der Waals surface area contributed by atoms with Crippen molar-refractivity contribution in [1.29, 1.82) is 0 Å². The lowest BCUT2D eigenvalue weighted by molar-refractivity contribution is 0.0956. The molecule has 0 spiro atoms. The number of anilines is 2. The van der Waals surface area contributed by atoms with Crippen LogP contribution in [0, 0.1) is 23.5 Å². The first-order chi connectivity index (χ1) is 21.2. The summed E-state index contributed by atoms with van der Waals surface area (Å²) in [5, 5.41) is 6.63. The Morgan fingerprint density at radius 1 is 1.02 bits per heavy atom. The first kappa shape index (κ1) is 30.0. The third-order valence-electron chi connectivity index (χ3n) is 6.81. The lowest BCUT2D eigenvalue weighted by atomic mass is 10.1. The number of fused-ring (bicyclic) bond motifs is 1. The summed E-state index contributed by atoms with van der Waals surface area (Å²) in [7, 11) is 4.05. The second kappa shape index (κ2) is 13.2. The second-order valence-corrected chi connectivity index (χ2v) is 10.4. The zero-order valence-electron chi connectivity index (χ0n) is 24.3. The average Bonchev–Trinajstić information content (AvgIpc) is 3.01. The van der Waals surface area contributed by atoms with Crippen molar-refractivity contribution in [1.82, 2.24) is 29.7 Å². The van der Waals surface area contributed by atoms with E-state index < -0.39 is 29.1 Å².